The molecule has 0 aromatic heterocycles. The van der Waals surface area contributed by atoms with Gasteiger partial charge >= 0.3 is 6.09 Å². The van der Waals surface area contributed by atoms with Crippen LogP contribution in [0.3, 0.4) is 0 Å². The fourth-order valence-corrected chi connectivity index (χ4v) is 11.2. The SMILES string of the molecule is CC(C)(C)OC(=O)N1Cc2cccc(N3CCC([P+](c4ccccc4)(c4ccccc4)c4ccccc4)C3=O)c2C1.[Br-]. The van der Waals surface area contributed by atoms with Gasteiger partial charge in [0.1, 0.15) is 28.8 Å². The minimum Gasteiger partial charge on any atom is -1.00 e. The number of anilines is 1. The Morgan fingerprint density at radius 3 is 1.79 bits per heavy atom. The minimum atomic E-state index is -2.36. The lowest BCUT2D eigenvalue weighted by Crippen LogP contribution is -3.00. The molecule has 4 aromatic carbocycles. The fraction of sp³-hybridized carbons (Fsp3) is 0.257. The average Bonchev–Trinajstić information content (AvgIpc) is 3.59. The molecule has 2 aliphatic rings. The number of carbonyl (C=O) groups is 2. The number of hydrogen-bond acceptors (Lipinski definition) is 3. The lowest BCUT2D eigenvalue weighted by Gasteiger charge is -2.32. The summed E-state index contributed by atoms with van der Waals surface area (Å²) < 4.78 is 5.66. The van der Waals surface area contributed by atoms with E-state index in [0.717, 1.165) is 23.2 Å². The van der Waals surface area contributed by atoms with Crippen LogP contribution in [0.15, 0.2) is 109 Å². The third-order valence-corrected chi connectivity index (χ3v) is 12.8. The van der Waals surface area contributed by atoms with E-state index in [1.807, 2.05) is 56.0 Å². The van der Waals surface area contributed by atoms with E-state index in [1.165, 1.54) is 15.9 Å². The maximum absolute atomic E-state index is 14.7. The van der Waals surface area contributed by atoms with Gasteiger partial charge in [0.05, 0.1) is 6.54 Å². The quantitative estimate of drug-likeness (QED) is 0.315. The Morgan fingerprint density at radius 2 is 1.29 bits per heavy atom. The van der Waals surface area contributed by atoms with Crippen LogP contribution in [0, 0.1) is 0 Å². The van der Waals surface area contributed by atoms with Crippen LogP contribution in [0.4, 0.5) is 10.5 Å². The summed E-state index contributed by atoms with van der Waals surface area (Å²) in [6.07, 6.45) is 0.428. The van der Waals surface area contributed by atoms with Crippen molar-refractivity contribution in [2.45, 2.75) is 51.5 Å². The van der Waals surface area contributed by atoms with Crippen molar-refractivity contribution in [1.82, 2.24) is 4.90 Å². The Morgan fingerprint density at radius 1 is 0.762 bits per heavy atom. The van der Waals surface area contributed by atoms with Gasteiger partial charge in [-0.25, -0.2) is 4.79 Å². The first-order chi connectivity index (χ1) is 19.8. The molecule has 2 heterocycles. The van der Waals surface area contributed by atoms with Crippen molar-refractivity contribution in [1.29, 1.82) is 0 Å². The second-order valence-electron chi connectivity index (χ2n) is 11.8. The summed E-state index contributed by atoms with van der Waals surface area (Å²) in [5.41, 5.74) is 2.25. The van der Waals surface area contributed by atoms with Gasteiger partial charge < -0.3 is 26.6 Å². The number of hydrogen-bond donors (Lipinski definition) is 0. The smallest absolute Gasteiger partial charge is 0.410 e. The molecule has 0 N–H and O–H groups in total. The van der Waals surface area contributed by atoms with Crippen LogP contribution in [-0.2, 0) is 22.6 Å². The van der Waals surface area contributed by atoms with E-state index < -0.39 is 12.9 Å². The summed E-state index contributed by atoms with van der Waals surface area (Å²) in [5, 5.41) is 3.64. The van der Waals surface area contributed by atoms with Crippen LogP contribution < -0.4 is 37.8 Å². The molecular weight excluding hydrogens is 607 g/mol. The second-order valence-corrected chi connectivity index (χ2v) is 15.4. The van der Waals surface area contributed by atoms with E-state index in [0.29, 0.717) is 19.6 Å². The van der Waals surface area contributed by atoms with Crippen LogP contribution in [0.25, 0.3) is 0 Å². The number of benzene rings is 4. The van der Waals surface area contributed by atoms with E-state index in [1.54, 1.807) is 4.90 Å². The zero-order valence-corrected chi connectivity index (χ0v) is 26.7. The number of amides is 2. The van der Waals surface area contributed by atoms with E-state index in [2.05, 4.69) is 78.9 Å². The molecule has 0 aliphatic carbocycles. The molecule has 42 heavy (non-hydrogen) atoms. The summed E-state index contributed by atoms with van der Waals surface area (Å²) in [5.74, 6) is 0.152. The van der Waals surface area contributed by atoms with E-state index >= 15 is 0 Å². The highest BCUT2D eigenvalue weighted by molar-refractivity contribution is 7.97. The summed E-state index contributed by atoms with van der Waals surface area (Å²) >= 11 is 0. The van der Waals surface area contributed by atoms with Gasteiger partial charge in [-0.15, -0.1) is 0 Å². The Hall–Kier alpha value is -3.47. The van der Waals surface area contributed by atoms with Crippen molar-refractivity contribution in [3.63, 3.8) is 0 Å². The number of rotatable bonds is 5. The van der Waals surface area contributed by atoms with Crippen LogP contribution in [0.5, 0.6) is 0 Å². The predicted octanol–water partition coefficient (Wildman–Crippen LogP) is 3.04. The molecule has 1 fully saturated rings. The lowest BCUT2D eigenvalue weighted by molar-refractivity contribution is -0.116. The Balaban J connectivity index is 0.00000353. The minimum absolute atomic E-state index is 0. The second kappa shape index (κ2) is 12.0. The van der Waals surface area contributed by atoms with Crippen molar-refractivity contribution < 1.29 is 31.3 Å². The molecule has 4 aromatic rings. The molecule has 0 saturated carbocycles. The molecule has 0 bridgehead atoms. The van der Waals surface area contributed by atoms with Gasteiger partial charge in [0.2, 0.25) is 0 Å². The lowest BCUT2D eigenvalue weighted by atomic mass is 10.1. The molecule has 7 heteroatoms. The summed E-state index contributed by atoms with van der Waals surface area (Å²) in [6.45, 7) is 7.20. The molecule has 2 aliphatic heterocycles. The predicted molar refractivity (Wildman–Crippen MR) is 168 cm³/mol. The number of ether oxygens (including phenoxy) is 1. The van der Waals surface area contributed by atoms with Crippen molar-refractivity contribution in [2.24, 2.45) is 0 Å². The Labute approximate surface area is 259 Å². The highest BCUT2D eigenvalue weighted by Crippen LogP contribution is 2.62. The largest absolute Gasteiger partial charge is 1.00 e. The molecule has 0 spiro atoms. The van der Waals surface area contributed by atoms with Crippen molar-refractivity contribution in [3.05, 3.63) is 120 Å². The van der Waals surface area contributed by atoms with Crippen molar-refractivity contribution in [2.75, 3.05) is 11.4 Å². The highest BCUT2D eigenvalue weighted by Gasteiger charge is 2.59. The number of carbonyl (C=O) groups excluding carboxylic acids is 2. The fourth-order valence-electron chi connectivity index (χ4n) is 6.35. The van der Waals surface area contributed by atoms with Crippen LogP contribution in [0.2, 0.25) is 0 Å². The van der Waals surface area contributed by atoms with Gasteiger partial charge in [-0.3, -0.25) is 9.69 Å². The zero-order valence-electron chi connectivity index (χ0n) is 24.2. The third-order valence-electron chi connectivity index (χ3n) is 8.04. The van der Waals surface area contributed by atoms with Crippen LogP contribution in [-0.4, -0.2) is 34.7 Å². The molecule has 5 nitrogen and oxygen atoms in total. The maximum atomic E-state index is 14.7. The molecule has 6 rings (SSSR count). The van der Waals surface area contributed by atoms with Gasteiger partial charge in [0.25, 0.3) is 5.91 Å². The highest BCUT2D eigenvalue weighted by atomic mass is 79.9. The molecule has 2 amide bonds. The van der Waals surface area contributed by atoms with Gasteiger partial charge in [-0.2, -0.15) is 0 Å². The first-order valence-corrected chi connectivity index (χ1v) is 16.1. The van der Waals surface area contributed by atoms with Crippen LogP contribution >= 0.6 is 7.26 Å². The maximum Gasteiger partial charge on any atom is 0.410 e. The first kappa shape index (κ1) is 30.0. The first-order valence-electron chi connectivity index (χ1n) is 14.2. The normalized spacial score (nSPS) is 16.6. The standard InChI is InChI=1S/C35H36N2O3P.BrH/c1-35(2,3)40-34(39)36-24-26-14-13-21-31(30(26)25-36)37-23-22-32(33(37)38)41(27-15-7-4-8-16-27,28-17-9-5-10-18-28)29-19-11-6-12-20-29;/h4-21,32H,22-25H2,1-3H3;1H/q+1;/p-1. The van der Waals surface area contributed by atoms with Crippen molar-refractivity contribution >= 4 is 40.9 Å². The topological polar surface area (TPSA) is 49.9 Å². The Bertz CT molecular complexity index is 1460. The number of nitrogens with zero attached hydrogens (tertiary/aromatic N) is 2. The average molecular weight is 644 g/mol. The Kier molecular flexibility index (Phi) is 8.59. The van der Waals surface area contributed by atoms with Gasteiger partial charge in [-0.05, 0) is 68.8 Å². The number of halogens is 1. The number of fused-ring (bicyclic) bond motifs is 1. The third kappa shape index (κ3) is 5.39. The summed E-state index contributed by atoms with van der Waals surface area (Å²) in [6, 6.07) is 37.9. The van der Waals surface area contributed by atoms with E-state index in [4.69, 9.17) is 4.74 Å². The molecule has 1 unspecified atom stereocenters. The molecule has 216 valence electrons. The van der Waals surface area contributed by atoms with E-state index in [-0.39, 0.29) is 34.6 Å². The van der Waals surface area contributed by atoms with Gasteiger partial charge in [0.15, 0.2) is 5.66 Å². The molecular formula is C35H36BrN2O3P. The zero-order chi connectivity index (χ0) is 28.6. The summed E-state index contributed by atoms with van der Waals surface area (Å²) in [7, 11) is -2.36. The molecule has 1 atom stereocenters. The molecule has 1 saturated heterocycles. The van der Waals surface area contributed by atoms with Crippen molar-refractivity contribution in [3.8, 4) is 0 Å². The monoisotopic (exact) mass is 642 g/mol. The molecule has 0 radical (unpaired) electrons. The van der Waals surface area contributed by atoms with Gasteiger partial charge in [-0.1, -0.05) is 66.7 Å². The van der Waals surface area contributed by atoms with Crippen LogP contribution in [0.1, 0.15) is 38.3 Å². The van der Waals surface area contributed by atoms with E-state index in [9.17, 15) is 9.59 Å². The summed E-state index contributed by atoms with van der Waals surface area (Å²) in [4.78, 5) is 31.3. The van der Waals surface area contributed by atoms with Gasteiger partial charge in [0, 0.05) is 30.8 Å².